The molecule has 0 spiro atoms. The van der Waals surface area contributed by atoms with Crippen LogP contribution in [-0.2, 0) is 11.2 Å². The van der Waals surface area contributed by atoms with Crippen LogP contribution >= 0.6 is 0 Å². The number of amides is 2. The Hall–Kier alpha value is -4.78. The Morgan fingerprint density at radius 2 is 1.33 bits per heavy atom. The van der Waals surface area contributed by atoms with Crippen LogP contribution in [0, 0.1) is 6.92 Å². The number of carbonyl (C=O) groups is 3. The van der Waals surface area contributed by atoms with E-state index in [0.29, 0.717) is 41.0 Å². The van der Waals surface area contributed by atoms with Crippen LogP contribution in [0.3, 0.4) is 0 Å². The van der Waals surface area contributed by atoms with E-state index in [1.165, 1.54) is 4.90 Å². The number of aromatic nitrogens is 1. The molecule has 0 aliphatic carbocycles. The molecule has 1 aromatic heterocycles. The molecule has 0 fully saturated rings. The van der Waals surface area contributed by atoms with Crippen LogP contribution in [0.4, 0.5) is 5.82 Å². The number of aliphatic carboxylic acids is 1. The molecule has 2 amide bonds. The quantitative estimate of drug-likeness (QED) is 0.298. The summed E-state index contributed by atoms with van der Waals surface area (Å²) in [5, 5.41) is 9.33. The van der Waals surface area contributed by atoms with Crippen molar-refractivity contribution in [2.75, 3.05) is 25.0 Å². The minimum absolute atomic E-state index is 0.0807. The van der Waals surface area contributed by atoms with E-state index >= 15 is 0 Å². The van der Waals surface area contributed by atoms with Crippen molar-refractivity contribution in [1.82, 2.24) is 9.88 Å². The average molecular weight is 522 g/mol. The molecule has 1 N–H and O–H groups in total. The van der Waals surface area contributed by atoms with E-state index < -0.39 is 5.97 Å². The normalized spacial score (nSPS) is 10.6. The first-order valence-electron chi connectivity index (χ1n) is 12.8. The number of carbonyl (C=O) groups excluding carboxylic acids is 2. The third-order valence-electron chi connectivity index (χ3n) is 6.70. The number of pyridine rings is 1. The standard InChI is InChI=1S/C32H31N3O4/c1-23-11-3-4-12-24(23)18-21-35(22-19-30(36)37)32(39)28-16-8-6-14-26(28)25-13-5-7-15-27(25)31(38)34(2)29-17-9-10-20-33-29/h3-17,20H,18-19,21-22H2,1-2H3,(H,36,37). The van der Waals surface area contributed by atoms with E-state index in [-0.39, 0.29) is 24.8 Å². The molecule has 7 nitrogen and oxygen atoms in total. The van der Waals surface area contributed by atoms with Gasteiger partial charge in [-0.15, -0.1) is 0 Å². The van der Waals surface area contributed by atoms with Crippen LogP contribution < -0.4 is 4.90 Å². The number of carboxylic acids is 1. The van der Waals surface area contributed by atoms with E-state index in [1.807, 2.05) is 61.5 Å². The Labute approximate surface area is 228 Å². The summed E-state index contributed by atoms with van der Waals surface area (Å²) in [5.74, 6) is -0.988. The second kappa shape index (κ2) is 12.6. The van der Waals surface area contributed by atoms with E-state index in [9.17, 15) is 19.5 Å². The second-order valence-electron chi connectivity index (χ2n) is 9.26. The van der Waals surface area contributed by atoms with Gasteiger partial charge >= 0.3 is 5.97 Å². The summed E-state index contributed by atoms with van der Waals surface area (Å²) in [6.07, 6.45) is 2.07. The lowest BCUT2D eigenvalue weighted by Crippen LogP contribution is -2.35. The van der Waals surface area contributed by atoms with Crippen molar-refractivity contribution in [1.29, 1.82) is 0 Å². The molecular weight excluding hydrogens is 490 g/mol. The van der Waals surface area contributed by atoms with Gasteiger partial charge in [-0.05, 0) is 59.9 Å². The van der Waals surface area contributed by atoms with E-state index in [0.717, 1.165) is 11.1 Å². The van der Waals surface area contributed by atoms with Crippen molar-refractivity contribution in [3.63, 3.8) is 0 Å². The van der Waals surface area contributed by atoms with Gasteiger partial charge in [-0.1, -0.05) is 66.7 Å². The molecule has 0 unspecified atom stereocenters. The van der Waals surface area contributed by atoms with Crippen molar-refractivity contribution >= 4 is 23.6 Å². The summed E-state index contributed by atoms with van der Waals surface area (Å²) in [4.78, 5) is 46.2. The molecule has 4 rings (SSSR count). The molecule has 0 atom stereocenters. The number of hydrogen-bond donors (Lipinski definition) is 1. The molecule has 0 radical (unpaired) electrons. The summed E-state index contributed by atoms with van der Waals surface area (Å²) >= 11 is 0. The second-order valence-corrected chi connectivity index (χ2v) is 9.26. The molecule has 0 saturated carbocycles. The van der Waals surface area contributed by atoms with E-state index in [2.05, 4.69) is 4.98 Å². The Morgan fingerprint density at radius 3 is 1.95 bits per heavy atom. The predicted molar refractivity (Wildman–Crippen MR) is 152 cm³/mol. The number of benzene rings is 3. The van der Waals surface area contributed by atoms with Crippen LogP contribution in [0.5, 0.6) is 0 Å². The van der Waals surface area contributed by atoms with Crippen molar-refractivity contribution < 1.29 is 19.5 Å². The number of anilines is 1. The third-order valence-corrected chi connectivity index (χ3v) is 6.70. The van der Waals surface area contributed by atoms with Crippen LogP contribution in [0.15, 0.2) is 97.2 Å². The Morgan fingerprint density at radius 1 is 0.744 bits per heavy atom. The maximum atomic E-state index is 13.9. The third kappa shape index (κ3) is 6.57. The van der Waals surface area contributed by atoms with Crippen molar-refractivity contribution in [2.45, 2.75) is 19.8 Å². The van der Waals surface area contributed by atoms with Gasteiger partial charge in [0.05, 0.1) is 6.42 Å². The fourth-order valence-electron chi connectivity index (χ4n) is 4.51. The van der Waals surface area contributed by atoms with Gasteiger partial charge in [0.2, 0.25) is 0 Å². The zero-order valence-corrected chi connectivity index (χ0v) is 22.1. The summed E-state index contributed by atoms with van der Waals surface area (Å²) < 4.78 is 0. The molecule has 0 saturated heterocycles. The molecule has 0 aliphatic rings. The summed E-state index contributed by atoms with van der Waals surface area (Å²) in [6, 6.07) is 27.6. The van der Waals surface area contributed by atoms with Gasteiger partial charge in [-0.2, -0.15) is 0 Å². The smallest absolute Gasteiger partial charge is 0.305 e. The molecule has 0 aliphatic heterocycles. The topological polar surface area (TPSA) is 90.8 Å². The van der Waals surface area contributed by atoms with Crippen LogP contribution in [-0.4, -0.2) is 52.9 Å². The molecule has 198 valence electrons. The molecule has 39 heavy (non-hydrogen) atoms. The fraction of sp³-hybridized carbons (Fsp3) is 0.188. The lowest BCUT2D eigenvalue weighted by atomic mass is 9.94. The Balaban J connectivity index is 1.68. The SMILES string of the molecule is Cc1ccccc1CCN(CCC(=O)O)C(=O)c1ccccc1-c1ccccc1C(=O)N(C)c1ccccn1. The highest BCUT2D eigenvalue weighted by Gasteiger charge is 2.24. The Bertz CT molecular complexity index is 1470. The highest BCUT2D eigenvalue weighted by molar-refractivity contribution is 6.11. The van der Waals surface area contributed by atoms with Crippen LogP contribution in [0.1, 0.15) is 38.3 Å². The van der Waals surface area contributed by atoms with Crippen LogP contribution in [0.25, 0.3) is 11.1 Å². The zero-order valence-electron chi connectivity index (χ0n) is 22.1. The number of rotatable bonds is 10. The van der Waals surface area contributed by atoms with Gasteiger partial charge in [0.25, 0.3) is 11.8 Å². The molecule has 4 aromatic rings. The van der Waals surface area contributed by atoms with Crippen molar-refractivity contribution in [3.05, 3.63) is 119 Å². The van der Waals surface area contributed by atoms with Gasteiger partial charge in [0.1, 0.15) is 5.82 Å². The number of aryl methyl sites for hydroxylation is 1. The zero-order chi connectivity index (χ0) is 27.8. The lowest BCUT2D eigenvalue weighted by Gasteiger charge is -2.24. The first kappa shape index (κ1) is 27.3. The lowest BCUT2D eigenvalue weighted by molar-refractivity contribution is -0.137. The fourth-order valence-corrected chi connectivity index (χ4v) is 4.51. The molecule has 3 aromatic carbocycles. The largest absolute Gasteiger partial charge is 0.481 e. The van der Waals surface area contributed by atoms with Gasteiger partial charge in [-0.3, -0.25) is 19.3 Å². The van der Waals surface area contributed by atoms with E-state index in [4.69, 9.17) is 0 Å². The summed E-state index contributed by atoms with van der Waals surface area (Å²) in [7, 11) is 1.66. The minimum atomic E-state index is -0.967. The first-order chi connectivity index (χ1) is 18.9. The first-order valence-corrected chi connectivity index (χ1v) is 12.8. The molecular formula is C32H31N3O4. The average Bonchev–Trinajstić information content (AvgIpc) is 2.97. The van der Waals surface area contributed by atoms with Gasteiger partial charge in [-0.25, -0.2) is 4.98 Å². The van der Waals surface area contributed by atoms with Crippen molar-refractivity contribution in [3.8, 4) is 11.1 Å². The number of nitrogens with zero attached hydrogens (tertiary/aromatic N) is 3. The van der Waals surface area contributed by atoms with Crippen LogP contribution in [0.2, 0.25) is 0 Å². The summed E-state index contributed by atoms with van der Waals surface area (Å²) in [6.45, 7) is 2.47. The maximum Gasteiger partial charge on any atom is 0.305 e. The number of hydrogen-bond acceptors (Lipinski definition) is 4. The maximum absolute atomic E-state index is 13.9. The molecule has 0 bridgehead atoms. The highest BCUT2D eigenvalue weighted by Crippen LogP contribution is 2.30. The summed E-state index contributed by atoms with van der Waals surface area (Å²) in [5.41, 5.74) is 4.29. The molecule has 1 heterocycles. The minimum Gasteiger partial charge on any atom is -0.481 e. The Kier molecular flexibility index (Phi) is 8.84. The number of carboxylic acid groups (broad SMARTS) is 1. The van der Waals surface area contributed by atoms with E-state index in [1.54, 1.807) is 54.5 Å². The van der Waals surface area contributed by atoms with Gasteiger partial charge in [0.15, 0.2) is 0 Å². The monoisotopic (exact) mass is 521 g/mol. The van der Waals surface area contributed by atoms with Gasteiger partial charge < -0.3 is 10.0 Å². The van der Waals surface area contributed by atoms with Crippen molar-refractivity contribution in [2.24, 2.45) is 0 Å². The molecule has 7 heteroatoms. The highest BCUT2D eigenvalue weighted by atomic mass is 16.4. The van der Waals surface area contributed by atoms with Gasteiger partial charge in [0, 0.05) is 37.5 Å². The predicted octanol–water partition coefficient (Wildman–Crippen LogP) is 5.49.